The zero-order valence-corrected chi connectivity index (χ0v) is 7.17. The summed E-state index contributed by atoms with van der Waals surface area (Å²) < 4.78 is 0.237. The molecule has 9 heteroatoms. The molecule has 0 fully saturated rings. The first kappa shape index (κ1) is 10.6. The summed E-state index contributed by atoms with van der Waals surface area (Å²) in [4.78, 5) is 43.6. The van der Waals surface area contributed by atoms with E-state index in [9.17, 15) is 24.5 Å². The first-order chi connectivity index (χ1) is 6.93. The molecule has 9 nitrogen and oxygen atoms in total. The van der Waals surface area contributed by atoms with E-state index >= 15 is 0 Å². The van der Waals surface area contributed by atoms with Crippen LogP contribution in [0.3, 0.4) is 0 Å². The molecule has 0 saturated heterocycles. The summed E-state index contributed by atoms with van der Waals surface area (Å²) in [6.07, 6.45) is 0.628. The van der Waals surface area contributed by atoms with Gasteiger partial charge in [0.15, 0.2) is 0 Å². The Morgan fingerprint density at radius 1 is 1.60 bits per heavy atom. The molecule has 1 heterocycles. The lowest BCUT2D eigenvalue weighted by Gasteiger charge is -1.98. The maximum atomic E-state index is 11.2. The van der Waals surface area contributed by atoms with Crippen LogP contribution >= 0.6 is 0 Å². The van der Waals surface area contributed by atoms with Crippen molar-refractivity contribution in [1.82, 2.24) is 9.55 Å². The number of nitrogens with zero attached hydrogens (tertiary/aromatic N) is 2. The molecule has 1 aromatic heterocycles. The number of aliphatic carboxylic acids is 1. The van der Waals surface area contributed by atoms with Crippen molar-refractivity contribution in [3.05, 3.63) is 37.1 Å². The van der Waals surface area contributed by atoms with Crippen LogP contribution in [0.2, 0.25) is 0 Å². The second-order valence-corrected chi connectivity index (χ2v) is 2.52. The summed E-state index contributed by atoms with van der Waals surface area (Å²) in [6, 6.07) is 0. The third kappa shape index (κ3) is 2.07. The van der Waals surface area contributed by atoms with Crippen LogP contribution in [0.15, 0.2) is 15.8 Å². The average molecular weight is 215 g/mol. The van der Waals surface area contributed by atoms with Crippen LogP contribution in [0.5, 0.6) is 0 Å². The van der Waals surface area contributed by atoms with E-state index in [0.29, 0.717) is 6.20 Å². The number of nitro groups is 1. The molecule has 0 aliphatic rings. The molecular formula is C6H5N3O6. The molecule has 0 aliphatic heterocycles. The smallest absolute Gasteiger partial charge is 0.350 e. The highest BCUT2D eigenvalue weighted by Gasteiger charge is 2.17. The van der Waals surface area contributed by atoms with Crippen LogP contribution in [-0.4, -0.2) is 25.6 Å². The fourth-order valence-electron chi connectivity index (χ4n) is 0.910. The van der Waals surface area contributed by atoms with Crippen LogP contribution in [0, 0.1) is 10.1 Å². The van der Waals surface area contributed by atoms with Crippen molar-refractivity contribution in [1.29, 1.82) is 0 Å². The van der Waals surface area contributed by atoms with Gasteiger partial charge in [0.25, 0.3) is 0 Å². The molecule has 0 bridgehead atoms. The molecule has 0 aromatic carbocycles. The Hall–Kier alpha value is -2.45. The van der Waals surface area contributed by atoms with E-state index < -0.39 is 34.4 Å². The second-order valence-electron chi connectivity index (χ2n) is 2.52. The molecule has 0 aliphatic carbocycles. The van der Waals surface area contributed by atoms with Crippen molar-refractivity contribution in [3.63, 3.8) is 0 Å². The summed E-state index contributed by atoms with van der Waals surface area (Å²) in [6.45, 7) is -0.921. The number of rotatable bonds is 3. The molecule has 0 unspecified atom stereocenters. The van der Waals surface area contributed by atoms with Gasteiger partial charge in [-0.25, -0.2) is 9.36 Å². The van der Waals surface area contributed by atoms with Crippen molar-refractivity contribution in [3.8, 4) is 0 Å². The molecule has 0 radical (unpaired) electrons. The van der Waals surface area contributed by atoms with Gasteiger partial charge in [-0.15, -0.1) is 0 Å². The minimum absolute atomic E-state index is 0.237. The van der Waals surface area contributed by atoms with Gasteiger partial charge in [0.2, 0.25) is 0 Å². The lowest BCUT2D eigenvalue weighted by molar-refractivity contribution is -0.386. The molecule has 0 spiro atoms. The van der Waals surface area contributed by atoms with E-state index in [4.69, 9.17) is 5.11 Å². The molecule has 80 valence electrons. The minimum Gasteiger partial charge on any atom is -0.480 e. The number of hydrogen-bond donors (Lipinski definition) is 2. The van der Waals surface area contributed by atoms with Gasteiger partial charge in [-0.3, -0.25) is 19.7 Å². The number of carbonyl (C=O) groups is 1. The van der Waals surface area contributed by atoms with Gasteiger partial charge in [-0.1, -0.05) is 0 Å². The fraction of sp³-hybridized carbons (Fsp3) is 0.167. The molecule has 2 N–H and O–H groups in total. The molecule has 0 saturated carbocycles. The van der Waals surface area contributed by atoms with Crippen LogP contribution in [0.25, 0.3) is 0 Å². The zero-order valence-electron chi connectivity index (χ0n) is 7.17. The van der Waals surface area contributed by atoms with Gasteiger partial charge in [0.1, 0.15) is 6.54 Å². The number of carboxylic acids is 1. The summed E-state index contributed by atoms with van der Waals surface area (Å²) >= 11 is 0. The monoisotopic (exact) mass is 215 g/mol. The summed E-state index contributed by atoms with van der Waals surface area (Å²) in [7, 11) is 0. The first-order valence-electron chi connectivity index (χ1n) is 3.62. The van der Waals surface area contributed by atoms with Crippen LogP contribution in [0.1, 0.15) is 0 Å². The molecular weight excluding hydrogens is 210 g/mol. The fourth-order valence-corrected chi connectivity index (χ4v) is 0.910. The van der Waals surface area contributed by atoms with Crippen molar-refractivity contribution >= 4 is 11.7 Å². The number of aromatic nitrogens is 2. The van der Waals surface area contributed by atoms with Crippen LogP contribution < -0.4 is 11.2 Å². The van der Waals surface area contributed by atoms with Gasteiger partial charge in [0.05, 0.1) is 11.1 Å². The average Bonchev–Trinajstić information content (AvgIpc) is 2.11. The number of nitrogens with one attached hydrogen (secondary N) is 1. The quantitative estimate of drug-likeness (QED) is 0.466. The molecule has 0 atom stereocenters. The van der Waals surface area contributed by atoms with E-state index in [-0.39, 0.29) is 4.57 Å². The Balaban J connectivity index is 3.44. The van der Waals surface area contributed by atoms with E-state index in [1.165, 1.54) is 0 Å². The largest absolute Gasteiger partial charge is 0.480 e. The Morgan fingerprint density at radius 2 is 2.20 bits per heavy atom. The normalized spacial score (nSPS) is 9.87. The number of hydrogen-bond acceptors (Lipinski definition) is 5. The van der Waals surface area contributed by atoms with Crippen molar-refractivity contribution in [2.45, 2.75) is 6.54 Å². The van der Waals surface area contributed by atoms with Crippen molar-refractivity contribution in [2.24, 2.45) is 0 Å². The van der Waals surface area contributed by atoms with E-state index in [2.05, 4.69) is 0 Å². The molecule has 0 amide bonds. The van der Waals surface area contributed by atoms with Crippen molar-refractivity contribution in [2.75, 3.05) is 0 Å². The third-order valence-electron chi connectivity index (χ3n) is 1.53. The van der Waals surface area contributed by atoms with Crippen molar-refractivity contribution < 1.29 is 14.8 Å². The Kier molecular flexibility index (Phi) is 2.65. The molecule has 1 rings (SSSR count). The Labute approximate surface area is 80.7 Å². The third-order valence-corrected chi connectivity index (χ3v) is 1.53. The topological polar surface area (TPSA) is 135 Å². The predicted molar refractivity (Wildman–Crippen MR) is 45.6 cm³/mol. The lowest BCUT2D eigenvalue weighted by Crippen LogP contribution is -2.37. The van der Waals surface area contributed by atoms with Gasteiger partial charge in [-0.2, -0.15) is 0 Å². The highest BCUT2D eigenvalue weighted by Crippen LogP contribution is 1.96. The van der Waals surface area contributed by atoms with E-state index in [1.807, 2.05) is 4.98 Å². The summed E-state index contributed by atoms with van der Waals surface area (Å²) in [5, 5.41) is 18.7. The van der Waals surface area contributed by atoms with Crippen LogP contribution in [-0.2, 0) is 11.3 Å². The number of aromatic amines is 1. The standard InChI is InChI=1S/C6H5N3O6/c10-4(11)2-8-5(12)3(9(14)15)1-7-6(8)13/h1H,2H2,(H,7,13)(H,10,11). The molecule has 15 heavy (non-hydrogen) atoms. The van der Waals surface area contributed by atoms with Gasteiger partial charge < -0.3 is 10.1 Å². The van der Waals surface area contributed by atoms with Gasteiger partial charge >= 0.3 is 22.9 Å². The van der Waals surface area contributed by atoms with E-state index in [0.717, 1.165) is 0 Å². The minimum atomic E-state index is -1.44. The number of carboxylic acid groups (broad SMARTS) is 1. The lowest BCUT2D eigenvalue weighted by atomic mass is 10.5. The van der Waals surface area contributed by atoms with Crippen LogP contribution in [0.4, 0.5) is 5.69 Å². The highest BCUT2D eigenvalue weighted by molar-refractivity contribution is 5.66. The zero-order chi connectivity index (χ0) is 11.6. The Bertz CT molecular complexity index is 526. The first-order valence-corrected chi connectivity index (χ1v) is 3.62. The Morgan fingerprint density at radius 3 is 2.67 bits per heavy atom. The summed E-state index contributed by atoms with van der Waals surface area (Å²) in [5.41, 5.74) is -3.13. The van der Waals surface area contributed by atoms with Gasteiger partial charge in [-0.05, 0) is 0 Å². The highest BCUT2D eigenvalue weighted by atomic mass is 16.6. The molecule has 1 aromatic rings. The van der Waals surface area contributed by atoms with Gasteiger partial charge in [0, 0.05) is 0 Å². The predicted octanol–water partition coefficient (Wildman–Crippen LogP) is -1.47. The second kappa shape index (κ2) is 3.74. The summed E-state index contributed by atoms with van der Waals surface area (Å²) in [5.74, 6) is -1.44. The SMILES string of the molecule is O=C(O)Cn1c(=O)[nH]cc([N+](=O)[O-])c1=O. The van der Waals surface area contributed by atoms with E-state index in [1.54, 1.807) is 0 Å². The maximum absolute atomic E-state index is 11.2. The number of H-pyrrole nitrogens is 1. The maximum Gasteiger partial charge on any atom is 0.350 e.